The highest BCUT2D eigenvalue weighted by atomic mass is 16.1. The van der Waals surface area contributed by atoms with Crippen LogP contribution in [0.2, 0.25) is 0 Å². The molecule has 1 aromatic heterocycles. The van der Waals surface area contributed by atoms with Gasteiger partial charge in [0.25, 0.3) is 0 Å². The van der Waals surface area contributed by atoms with Crippen molar-refractivity contribution < 1.29 is 4.79 Å². The molecule has 5 heteroatoms. The fourth-order valence-electron chi connectivity index (χ4n) is 2.18. The molecule has 3 N–H and O–H groups in total. The van der Waals surface area contributed by atoms with Gasteiger partial charge in [0.2, 0.25) is 5.91 Å². The fraction of sp³-hybridized carbons (Fsp3) is 0.429. The summed E-state index contributed by atoms with van der Waals surface area (Å²) in [4.78, 5) is 16.0. The van der Waals surface area contributed by atoms with E-state index < -0.39 is 0 Å². The van der Waals surface area contributed by atoms with Gasteiger partial charge in [-0.2, -0.15) is 0 Å². The Kier molecular flexibility index (Phi) is 3.74. The van der Waals surface area contributed by atoms with Crippen molar-refractivity contribution in [3.05, 3.63) is 24.0 Å². The molecule has 1 heterocycles. The summed E-state index contributed by atoms with van der Waals surface area (Å²) in [7, 11) is 1.65. The summed E-state index contributed by atoms with van der Waals surface area (Å²) >= 11 is 0. The van der Waals surface area contributed by atoms with Gasteiger partial charge in [-0.25, -0.2) is 4.98 Å². The number of benzene rings is 1. The van der Waals surface area contributed by atoms with E-state index in [0.717, 1.165) is 16.9 Å². The molecule has 1 amide bonds. The van der Waals surface area contributed by atoms with Crippen LogP contribution >= 0.6 is 0 Å². The highest BCUT2D eigenvalue weighted by Crippen LogP contribution is 2.23. The van der Waals surface area contributed by atoms with Crippen LogP contribution in [0, 0.1) is 0 Å². The number of carbonyl (C=O) groups excluding carboxylic acids is 1. The van der Waals surface area contributed by atoms with E-state index in [1.54, 1.807) is 7.05 Å². The zero-order valence-electron chi connectivity index (χ0n) is 11.6. The van der Waals surface area contributed by atoms with E-state index >= 15 is 0 Å². The van der Waals surface area contributed by atoms with Crippen molar-refractivity contribution in [2.24, 2.45) is 0 Å². The van der Waals surface area contributed by atoms with E-state index in [9.17, 15) is 4.79 Å². The molecule has 0 aliphatic carbocycles. The van der Waals surface area contributed by atoms with Crippen molar-refractivity contribution in [1.29, 1.82) is 0 Å². The molecule has 0 unspecified atom stereocenters. The molecule has 19 heavy (non-hydrogen) atoms. The third-order valence-corrected chi connectivity index (χ3v) is 3.16. The number of nitrogens with zero attached hydrogens (tertiary/aromatic N) is 2. The number of nitrogens with one attached hydrogen (secondary N) is 1. The molecule has 0 saturated carbocycles. The molecule has 2 aromatic rings. The minimum absolute atomic E-state index is 0.0343. The van der Waals surface area contributed by atoms with Gasteiger partial charge in [0, 0.05) is 31.6 Å². The first kappa shape index (κ1) is 13.4. The van der Waals surface area contributed by atoms with Gasteiger partial charge in [-0.3, -0.25) is 4.79 Å². The summed E-state index contributed by atoms with van der Waals surface area (Å²) in [6.07, 6.45) is 0.450. The maximum atomic E-state index is 11.4. The average molecular weight is 260 g/mol. The van der Waals surface area contributed by atoms with Gasteiger partial charge in [0.15, 0.2) is 0 Å². The number of nitrogen functional groups attached to an aromatic ring is 1. The van der Waals surface area contributed by atoms with Crippen molar-refractivity contribution in [2.45, 2.75) is 32.7 Å². The van der Waals surface area contributed by atoms with Crippen molar-refractivity contribution in [3.8, 4) is 0 Å². The number of hydrogen-bond donors (Lipinski definition) is 2. The summed E-state index contributed by atoms with van der Waals surface area (Å²) in [5.74, 6) is 1.33. The first-order valence-electron chi connectivity index (χ1n) is 6.49. The Morgan fingerprint density at radius 3 is 2.84 bits per heavy atom. The molecular formula is C14H20N4O. The predicted octanol–water partition coefficient (Wildman–Crippen LogP) is 1.88. The van der Waals surface area contributed by atoms with Crippen LogP contribution in [0.3, 0.4) is 0 Å². The van der Waals surface area contributed by atoms with Crippen molar-refractivity contribution >= 4 is 22.6 Å². The molecule has 0 aliphatic heterocycles. The Labute approximate surface area is 112 Å². The number of carbonyl (C=O) groups is 1. The number of imidazole rings is 1. The monoisotopic (exact) mass is 260 g/mol. The lowest BCUT2D eigenvalue weighted by atomic mass is 10.2. The fourth-order valence-corrected chi connectivity index (χ4v) is 2.18. The number of nitrogens with two attached hydrogens (primary N) is 1. The van der Waals surface area contributed by atoms with Crippen LogP contribution in [0.1, 0.15) is 32.0 Å². The zero-order chi connectivity index (χ0) is 14.0. The maximum absolute atomic E-state index is 11.4. The minimum Gasteiger partial charge on any atom is -0.399 e. The molecule has 0 saturated heterocycles. The van der Waals surface area contributed by atoms with E-state index in [1.807, 2.05) is 18.2 Å². The molecule has 102 valence electrons. The normalized spacial score (nSPS) is 11.2. The first-order chi connectivity index (χ1) is 9.02. The minimum atomic E-state index is 0.0343. The molecule has 1 aromatic carbocycles. The van der Waals surface area contributed by atoms with E-state index in [-0.39, 0.29) is 5.91 Å². The number of aryl methyl sites for hydroxylation is 1. The third kappa shape index (κ3) is 2.70. The second-order valence-electron chi connectivity index (χ2n) is 4.95. The van der Waals surface area contributed by atoms with Crippen LogP contribution in [-0.4, -0.2) is 22.5 Å². The first-order valence-corrected chi connectivity index (χ1v) is 6.49. The van der Waals surface area contributed by atoms with Crippen LogP contribution in [-0.2, 0) is 11.3 Å². The molecule has 0 bridgehead atoms. The standard InChI is InChI=1S/C14H20N4O/c1-9(2)14-17-11-8-10(15)4-5-12(11)18(14)7-6-13(19)16-3/h4-5,8-9H,6-7,15H2,1-3H3,(H,16,19). The van der Waals surface area contributed by atoms with Gasteiger partial charge in [0.1, 0.15) is 5.82 Å². The third-order valence-electron chi connectivity index (χ3n) is 3.16. The summed E-state index contributed by atoms with van der Waals surface area (Å²) in [5.41, 5.74) is 8.42. The van der Waals surface area contributed by atoms with Crippen molar-refractivity contribution in [3.63, 3.8) is 0 Å². The Hall–Kier alpha value is -2.04. The van der Waals surface area contributed by atoms with E-state index in [4.69, 9.17) is 5.73 Å². The predicted molar refractivity (Wildman–Crippen MR) is 76.9 cm³/mol. The number of fused-ring (bicyclic) bond motifs is 1. The Balaban J connectivity index is 2.43. The van der Waals surface area contributed by atoms with Gasteiger partial charge >= 0.3 is 0 Å². The summed E-state index contributed by atoms with van der Waals surface area (Å²) in [6, 6.07) is 5.70. The SMILES string of the molecule is CNC(=O)CCn1c(C(C)C)nc2cc(N)ccc21. The summed E-state index contributed by atoms with van der Waals surface area (Å²) in [5, 5.41) is 2.64. The van der Waals surface area contributed by atoms with Crippen LogP contribution in [0.5, 0.6) is 0 Å². The number of rotatable bonds is 4. The van der Waals surface area contributed by atoms with Gasteiger partial charge < -0.3 is 15.6 Å². The molecule has 0 spiro atoms. The number of anilines is 1. The maximum Gasteiger partial charge on any atom is 0.221 e. The quantitative estimate of drug-likeness (QED) is 0.824. The highest BCUT2D eigenvalue weighted by Gasteiger charge is 2.14. The van der Waals surface area contributed by atoms with Crippen LogP contribution < -0.4 is 11.1 Å². The van der Waals surface area contributed by atoms with E-state index in [0.29, 0.717) is 24.6 Å². The topological polar surface area (TPSA) is 72.9 Å². The van der Waals surface area contributed by atoms with Crippen molar-refractivity contribution in [1.82, 2.24) is 14.9 Å². The second kappa shape index (κ2) is 5.30. The molecule has 2 rings (SSSR count). The van der Waals surface area contributed by atoms with Gasteiger partial charge in [-0.1, -0.05) is 13.8 Å². The van der Waals surface area contributed by atoms with Crippen molar-refractivity contribution in [2.75, 3.05) is 12.8 Å². The largest absolute Gasteiger partial charge is 0.399 e. The Morgan fingerprint density at radius 1 is 1.47 bits per heavy atom. The molecule has 0 aliphatic rings. The number of aromatic nitrogens is 2. The summed E-state index contributed by atoms with van der Waals surface area (Å²) in [6.45, 7) is 4.83. The lowest BCUT2D eigenvalue weighted by molar-refractivity contribution is -0.120. The van der Waals surface area contributed by atoms with E-state index in [2.05, 4.69) is 28.7 Å². The molecule has 0 atom stereocenters. The van der Waals surface area contributed by atoms with Gasteiger partial charge in [0.05, 0.1) is 11.0 Å². The molecule has 0 radical (unpaired) electrons. The second-order valence-corrected chi connectivity index (χ2v) is 4.95. The lowest BCUT2D eigenvalue weighted by Crippen LogP contribution is -2.20. The van der Waals surface area contributed by atoms with Crippen LogP contribution in [0.25, 0.3) is 11.0 Å². The molecule has 0 fully saturated rings. The smallest absolute Gasteiger partial charge is 0.221 e. The van der Waals surface area contributed by atoms with Crippen LogP contribution in [0.4, 0.5) is 5.69 Å². The Morgan fingerprint density at radius 2 is 2.21 bits per heavy atom. The number of amides is 1. The molecule has 5 nitrogen and oxygen atoms in total. The molecular weight excluding hydrogens is 240 g/mol. The van der Waals surface area contributed by atoms with Gasteiger partial charge in [-0.15, -0.1) is 0 Å². The lowest BCUT2D eigenvalue weighted by Gasteiger charge is -2.10. The zero-order valence-corrected chi connectivity index (χ0v) is 11.6. The van der Waals surface area contributed by atoms with Gasteiger partial charge in [-0.05, 0) is 18.2 Å². The average Bonchev–Trinajstić information content (AvgIpc) is 2.73. The Bertz CT molecular complexity index is 601. The van der Waals surface area contributed by atoms with Crippen LogP contribution in [0.15, 0.2) is 18.2 Å². The summed E-state index contributed by atoms with van der Waals surface area (Å²) < 4.78 is 2.11. The van der Waals surface area contributed by atoms with E-state index in [1.165, 1.54) is 0 Å². The number of hydrogen-bond acceptors (Lipinski definition) is 3. The highest BCUT2D eigenvalue weighted by molar-refractivity contribution is 5.80.